The van der Waals surface area contributed by atoms with Gasteiger partial charge in [-0.3, -0.25) is 0 Å². The predicted octanol–water partition coefficient (Wildman–Crippen LogP) is 4.14. The molecule has 0 aliphatic rings. The molecular weight excluding hydrogens is 332 g/mol. The summed E-state index contributed by atoms with van der Waals surface area (Å²) in [5, 5.41) is 3.36. The first kappa shape index (κ1) is 15.8. The Labute approximate surface area is 133 Å². The molecule has 0 saturated carbocycles. The van der Waals surface area contributed by atoms with Crippen molar-refractivity contribution < 1.29 is 9.47 Å². The zero-order valence-electron chi connectivity index (χ0n) is 12.2. The van der Waals surface area contributed by atoms with Gasteiger partial charge >= 0.3 is 0 Å². The van der Waals surface area contributed by atoms with Crippen LogP contribution in [0, 0.1) is 0 Å². The number of aromatic nitrogens is 1. The number of pyridine rings is 1. The van der Waals surface area contributed by atoms with Gasteiger partial charge in [-0.1, -0.05) is 6.92 Å². The van der Waals surface area contributed by atoms with Gasteiger partial charge in [-0.2, -0.15) is 0 Å². The van der Waals surface area contributed by atoms with E-state index in [4.69, 9.17) is 9.47 Å². The van der Waals surface area contributed by atoms with Crippen LogP contribution in [0.25, 0.3) is 0 Å². The van der Waals surface area contributed by atoms with E-state index in [1.807, 2.05) is 30.3 Å². The summed E-state index contributed by atoms with van der Waals surface area (Å²) in [5.41, 5.74) is 1.02. The number of rotatable bonds is 7. The maximum absolute atomic E-state index is 5.87. The van der Waals surface area contributed by atoms with Gasteiger partial charge in [-0.15, -0.1) is 0 Å². The Hall–Kier alpha value is -1.59. The first-order chi connectivity index (χ1) is 10.2. The molecule has 21 heavy (non-hydrogen) atoms. The molecule has 0 spiro atoms. The predicted molar refractivity (Wildman–Crippen MR) is 87.0 cm³/mol. The molecule has 2 aromatic rings. The fraction of sp³-hybridized carbons (Fsp3) is 0.312. The fourth-order valence-electron chi connectivity index (χ4n) is 1.84. The smallest absolute Gasteiger partial charge is 0.223 e. The van der Waals surface area contributed by atoms with Crippen molar-refractivity contribution in [2.24, 2.45) is 0 Å². The maximum atomic E-state index is 5.87. The van der Waals surface area contributed by atoms with Crippen LogP contribution in [0.15, 0.2) is 41.0 Å². The number of benzene rings is 1. The topological polar surface area (TPSA) is 43.4 Å². The van der Waals surface area contributed by atoms with Crippen LogP contribution in [-0.2, 0) is 6.54 Å². The van der Waals surface area contributed by atoms with Gasteiger partial charge in [0.1, 0.15) is 11.5 Å². The van der Waals surface area contributed by atoms with Crippen LogP contribution in [0.1, 0.15) is 18.9 Å². The summed E-state index contributed by atoms with van der Waals surface area (Å²) < 4.78 is 11.9. The Balaban J connectivity index is 2.13. The lowest BCUT2D eigenvalue weighted by molar-refractivity contribution is 0.411. The van der Waals surface area contributed by atoms with Crippen LogP contribution in [-0.4, -0.2) is 18.6 Å². The Morgan fingerprint density at radius 1 is 1.19 bits per heavy atom. The average Bonchev–Trinajstić information content (AvgIpc) is 2.51. The molecular formula is C16H19BrN2O2. The summed E-state index contributed by atoms with van der Waals surface area (Å²) in [6.45, 7) is 3.83. The summed E-state index contributed by atoms with van der Waals surface area (Å²) in [4.78, 5) is 4.35. The van der Waals surface area contributed by atoms with E-state index >= 15 is 0 Å². The molecule has 2 rings (SSSR count). The van der Waals surface area contributed by atoms with Crippen molar-refractivity contribution in [3.63, 3.8) is 0 Å². The van der Waals surface area contributed by atoms with Gasteiger partial charge in [0.2, 0.25) is 5.88 Å². The van der Waals surface area contributed by atoms with Crippen molar-refractivity contribution in [2.45, 2.75) is 19.9 Å². The third kappa shape index (κ3) is 4.72. The molecule has 0 saturated heterocycles. The quantitative estimate of drug-likeness (QED) is 0.762. The summed E-state index contributed by atoms with van der Waals surface area (Å²) in [6.07, 6.45) is 2.83. The van der Waals surface area contributed by atoms with Gasteiger partial charge in [0.15, 0.2) is 0 Å². The van der Waals surface area contributed by atoms with Crippen LogP contribution in [0.5, 0.6) is 17.4 Å². The highest BCUT2D eigenvalue weighted by atomic mass is 79.9. The highest BCUT2D eigenvalue weighted by molar-refractivity contribution is 9.10. The second-order valence-electron chi connectivity index (χ2n) is 4.57. The number of hydrogen-bond donors (Lipinski definition) is 1. The summed E-state index contributed by atoms with van der Waals surface area (Å²) in [5.74, 6) is 2.16. The van der Waals surface area contributed by atoms with Crippen LogP contribution in [0.2, 0.25) is 0 Å². The third-order valence-corrected chi connectivity index (χ3v) is 3.34. The standard InChI is InChI=1S/C16H19BrN2O2/c1-3-8-18-10-12-9-13(17)11-19-16(12)21-15-6-4-14(20-2)5-7-15/h4-7,9,11,18H,3,8,10H2,1-2H3. The molecule has 0 radical (unpaired) electrons. The molecule has 0 aliphatic carbocycles. The van der Waals surface area contributed by atoms with E-state index in [2.05, 4.69) is 33.2 Å². The van der Waals surface area contributed by atoms with Crippen LogP contribution in [0.4, 0.5) is 0 Å². The van der Waals surface area contributed by atoms with E-state index in [0.717, 1.165) is 41.0 Å². The monoisotopic (exact) mass is 350 g/mol. The molecule has 5 heteroatoms. The third-order valence-electron chi connectivity index (χ3n) is 2.91. The molecule has 0 atom stereocenters. The first-order valence-corrected chi connectivity index (χ1v) is 7.69. The highest BCUT2D eigenvalue weighted by Gasteiger charge is 2.08. The van der Waals surface area contributed by atoms with E-state index in [1.54, 1.807) is 13.3 Å². The van der Waals surface area contributed by atoms with Crippen molar-refractivity contribution >= 4 is 15.9 Å². The lowest BCUT2D eigenvalue weighted by Gasteiger charge is -2.11. The Morgan fingerprint density at radius 3 is 2.57 bits per heavy atom. The van der Waals surface area contributed by atoms with E-state index in [1.165, 1.54) is 0 Å². The number of halogens is 1. The van der Waals surface area contributed by atoms with Crippen molar-refractivity contribution in [3.05, 3.63) is 46.6 Å². The van der Waals surface area contributed by atoms with Gasteiger partial charge in [0, 0.05) is 22.8 Å². The zero-order valence-corrected chi connectivity index (χ0v) is 13.8. The first-order valence-electron chi connectivity index (χ1n) is 6.90. The van der Waals surface area contributed by atoms with Gasteiger partial charge in [0.05, 0.1) is 7.11 Å². The number of nitrogens with zero attached hydrogens (tertiary/aromatic N) is 1. The van der Waals surface area contributed by atoms with Crippen molar-refractivity contribution in [1.29, 1.82) is 0 Å². The van der Waals surface area contributed by atoms with Crippen LogP contribution >= 0.6 is 15.9 Å². The SMILES string of the molecule is CCCNCc1cc(Br)cnc1Oc1ccc(OC)cc1. The van der Waals surface area contributed by atoms with Crippen LogP contribution in [0.3, 0.4) is 0 Å². The molecule has 0 aliphatic heterocycles. The Morgan fingerprint density at radius 2 is 1.90 bits per heavy atom. The molecule has 0 fully saturated rings. The lowest BCUT2D eigenvalue weighted by Crippen LogP contribution is -2.14. The minimum atomic E-state index is 0.618. The Kier molecular flexibility index (Phi) is 6.02. The summed E-state index contributed by atoms with van der Waals surface area (Å²) >= 11 is 3.45. The number of nitrogens with one attached hydrogen (secondary N) is 1. The number of ether oxygens (including phenoxy) is 2. The van der Waals surface area contributed by atoms with Crippen molar-refractivity contribution in [3.8, 4) is 17.4 Å². The van der Waals surface area contributed by atoms with Gasteiger partial charge in [0.25, 0.3) is 0 Å². The van der Waals surface area contributed by atoms with E-state index < -0.39 is 0 Å². The molecule has 0 bridgehead atoms. The zero-order chi connectivity index (χ0) is 15.1. The molecule has 112 valence electrons. The molecule has 1 aromatic carbocycles. The molecule has 4 nitrogen and oxygen atoms in total. The average molecular weight is 351 g/mol. The minimum Gasteiger partial charge on any atom is -0.497 e. The number of hydrogen-bond acceptors (Lipinski definition) is 4. The van der Waals surface area contributed by atoms with Gasteiger partial charge < -0.3 is 14.8 Å². The summed E-state index contributed by atoms with van der Waals surface area (Å²) in [6, 6.07) is 9.48. The van der Waals surface area contributed by atoms with E-state index in [9.17, 15) is 0 Å². The van der Waals surface area contributed by atoms with E-state index in [0.29, 0.717) is 5.88 Å². The van der Waals surface area contributed by atoms with Crippen molar-refractivity contribution in [2.75, 3.05) is 13.7 Å². The highest BCUT2D eigenvalue weighted by Crippen LogP contribution is 2.26. The maximum Gasteiger partial charge on any atom is 0.223 e. The normalized spacial score (nSPS) is 10.4. The lowest BCUT2D eigenvalue weighted by atomic mass is 10.2. The molecule has 1 heterocycles. The largest absolute Gasteiger partial charge is 0.497 e. The number of methoxy groups -OCH3 is 1. The molecule has 1 N–H and O–H groups in total. The molecule has 0 amide bonds. The molecule has 0 unspecified atom stereocenters. The molecule has 1 aromatic heterocycles. The fourth-order valence-corrected chi connectivity index (χ4v) is 2.22. The second kappa shape index (κ2) is 8.00. The van der Waals surface area contributed by atoms with Gasteiger partial charge in [-0.05, 0) is 59.2 Å². The minimum absolute atomic E-state index is 0.618. The van der Waals surface area contributed by atoms with E-state index in [-0.39, 0.29) is 0 Å². The summed E-state index contributed by atoms with van der Waals surface area (Å²) in [7, 11) is 1.64. The van der Waals surface area contributed by atoms with Crippen LogP contribution < -0.4 is 14.8 Å². The van der Waals surface area contributed by atoms with Crippen molar-refractivity contribution in [1.82, 2.24) is 10.3 Å². The second-order valence-corrected chi connectivity index (χ2v) is 5.49. The van der Waals surface area contributed by atoms with Gasteiger partial charge in [-0.25, -0.2) is 4.98 Å². The Bertz CT molecular complexity index is 573.